The third-order valence-corrected chi connectivity index (χ3v) is 1.48. The highest BCUT2D eigenvalue weighted by molar-refractivity contribution is 5.81. The summed E-state index contributed by atoms with van der Waals surface area (Å²) < 4.78 is 17.7. The standard InChI is InChI=1S/C9H17FN2O3/c1-9(2,3)15-8(14)6(11)4-5(10)7(12)13/h5-6H,4,11H2,1-3H3,(H2,12,13)/t5-,6+/m0/s1. The van der Waals surface area contributed by atoms with Crippen LogP contribution < -0.4 is 11.5 Å². The van der Waals surface area contributed by atoms with Crippen molar-refractivity contribution in [1.29, 1.82) is 0 Å². The van der Waals surface area contributed by atoms with Crippen LogP contribution in [0.3, 0.4) is 0 Å². The Kier molecular flexibility index (Phi) is 4.67. The highest BCUT2D eigenvalue weighted by Crippen LogP contribution is 2.10. The fourth-order valence-corrected chi connectivity index (χ4v) is 0.813. The van der Waals surface area contributed by atoms with Crippen LogP contribution in [0.2, 0.25) is 0 Å². The number of esters is 1. The summed E-state index contributed by atoms with van der Waals surface area (Å²) in [7, 11) is 0. The molecule has 15 heavy (non-hydrogen) atoms. The molecule has 5 nitrogen and oxygen atoms in total. The lowest BCUT2D eigenvalue weighted by molar-refractivity contribution is -0.157. The van der Waals surface area contributed by atoms with Gasteiger partial charge >= 0.3 is 5.97 Å². The number of hydrogen-bond acceptors (Lipinski definition) is 4. The van der Waals surface area contributed by atoms with E-state index < -0.39 is 36.1 Å². The van der Waals surface area contributed by atoms with E-state index in [1.54, 1.807) is 20.8 Å². The molecule has 88 valence electrons. The van der Waals surface area contributed by atoms with Crippen LogP contribution in [0.15, 0.2) is 0 Å². The average molecular weight is 220 g/mol. The molecule has 0 saturated heterocycles. The van der Waals surface area contributed by atoms with Gasteiger partial charge in [-0.3, -0.25) is 9.59 Å². The molecule has 0 aliphatic carbocycles. The van der Waals surface area contributed by atoms with E-state index in [0.29, 0.717) is 0 Å². The number of ether oxygens (including phenoxy) is 1. The number of hydrogen-bond donors (Lipinski definition) is 2. The first-order chi connectivity index (χ1) is 6.63. The van der Waals surface area contributed by atoms with Crippen LogP contribution in [-0.4, -0.2) is 29.7 Å². The van der Waals surface area contributed by atoms with Gasteiger partial charge in [-0.2, -0.15) is 0 Å². The van der Waals surface area contributed by atoms with E-state index in [1.807, 2.05) is 0 Å². The van der Waals surface area contributed by atoms with Crippen molar-refractivity contribution < 1.29 is 18.7 Å². The van der Waals surface area contributed by atoms with Crippen molar-refractivity contribution in [3.05, 3.63) is 0 Å². The second-order valence-corrected chi connectivity index (χ2v) is 4.25. The maximum Gasteiger partial charge on any atom is 0.323 e. The molecule has 0 rings (SSSR count). The molecule has 0 aliphatic heterocycles. The first-order valence-electron chi connectivity index (χ1n) is 4.55. The average Bonchev–Trinajstić information content (AvgIpc) is 2.00. The summed E-state index contributed by atoms with van der Waals surface area (Å²) in [6.07, 6.45) is -2.38. The molecule has 0 fully saturated rings. The van der Waals surface area contributed by atoms with E-state index >= 15 is 0 Å². The second kappa shape index (κ2) is 5.06. The molecule has 4 N–H and O–H groups in total. The zero-order valence-electron chi connectivity index (χ0n) is 9.12. The summed E-state index contributed by atoms with van der Waals surface area (Å²) in [6, 6.07) is -1.17. The molecular formula is C9H17FN2O3. The van der Waals surface area contributed by atoms with Crippen LogP contribution in [0.25, 0.3) is 0 Å². The van der Waals surface area contributed by atoms with Crippen LogP contribution in [0.4, 0.5) is 4.39 Å². The quantitative estimate of drug-likeness (QED) is 0.645. The first-order valence-corrected chi connectivity index (χ1v) is 4.55. The molecule has 1 amide bonds. The molecular weight excluding hydrogens is 203 g/mol. The Bertz CT molecular complexity index is 250. The molecule has 0 heterocycles. The minimum atomic E-state index is -1.92. The predicted molar refractivity (Wildman–Crippen MR) is 52.5 cm³/mol. The SMILES string of the molecule is CC(C)(C)OC(=O)[C@H](N)C[C@H](F)C(N)=O. The molecule has 6 heteroatoms. The zero-order valence-corrected chi connectivity index (χ0v) is 9.12. The van der Waals surface area contributed by atoms with Crippen molar-refractivity contribution >= 4 is 11.9 Å². The fraction of sp³-hybridized carbons (Fsp3) is 0.778. The van der Waals surface area contributed by atoms with Crippen molar-refractivity contribution in [3.8, 4) is 0 Å². The number of carbonyl (C=O) groups excluding carboxylic acids is 2. The smallest absolute Gasteiger partial charge is 0.323 e. The third-order valence-electron chi connectivity index (χ3n) is 1.48. The van der Waals surface area contributed by atoms with Crippen LogP contribution in [0.5, 0.6) is 0 Å². The Balaban J connectivity index is 4.17. The lowest BCUT2D eigenvalue weighted by atomic mass is 10.1. The molecule has 0 radical (unpaired) electrons. The van der Waals surface area contributed by atoms with Crippen molar-refractivity contribution in [2.24, 2.45) is 11.5 Å². The highest BCUT2D eigenvalue weighted by Gasteiger charge is 2.26. The summed E-state index contributed by atoms with van der Waals surface area (Å²) in [4.78, 5) is 21.6. The van der Waals surface area contributed by atoms with Crippen LogP contribution >= 0.6 is 0 Å². The van der Waals surface area contributed by atoms with Gasteiger partial charge in [-0.25, -0.2) is 4.39 Å². The number of primary amides is 1. The van der Waals surface area contributed by atoms with Crippen molar-refractivity contribution in [1.82, 2.24) is 0 Å². The van der Waals surface area contributed by atoms with E-state index in [-0.39, 0.29) is 0 Å². The maximum atomic E-state index is 12.8. The van der Waals surface area contributed by atoms with E-state index in [9.17, 15) is 14.0 Å². The van der Waals surface area contributed by atoms with Crippen LogP contribution in [0, 0.1) is 0 Å². The highest BCUT2D eigenvalue weighted by atomic mass is 19.1. The Morgan fingerprint density at radius 3 is 2.20 bits per heavy atom. The second-order valence-electron chi connectivity index (χ2n) is 4.25. The van der Waals surface area contributed by atoms with Gasteiger partial charge in [0.2, 0.25) is 0 Å². The molecule has 0 unspecified atom stereocenters. The summed E-state index contributed by atoms with van der Waals surface area (Å²) in [5.74, 6) is -1.87. The predicted octanol–water partition coefficient (Wildman–Crippen LogP) is -0.131. The van der Waals surface area contributed by atoms with Gasteiger partial charge in [0.15, 0.2) is 6.17 Å². The van der Waals surface area contributed by atoms with E-state index in [0.717, 1.165) is 0 Å². The molecule has 0 saturated carbocycles. The minimum Gasteiger partial charge on any atom is -0.459 e. The Morgan fingerprint density at radius 1 is 1.40 bits per heavy atom. The molecule has 0 spiro atoms. The van der Waals surface area contributed by atoms with Gasteiger partial charge in [-0.15, -0.1) is 0 Å². The number of nitrogens with two attached hydrogens (primary N) is 2. The zero-order chi connectivity index (χ0) is 12.2. The van der Waals surface area contributed by atoms with E-state index in [1.165, 1.54) is 0 Å². The maximum absolute atomic E-state index is 12.8. The van der Waals surface area contributed by atoms with Crippen molar-refractivity contribution in [2.45, 2.75) is 45.0 Å². The summed E-state index contributed by atoms with van der Waals surface area (Å²) in [5, 5.41) is 0. The largest absolute Gasteiger partial charge is 0.459 e. The van der Waals surface area contributed by atoms with Gasteiger partial charge in [0, 0.05) is 6.42 Å². The molecule has 0 aromatic carbocycles. The summed E-state index contributed by atoms with van der Waals surface area (Å²) in [6.45, 7) is 5.00. The lowest BCUT2D eigenvalue weighted by Crippen LogP contribution is -2.41. The fourth-order valence-electron chi connectivity index (χ4n) is 0.813. The van der Waals surface area contributed by atoms with Crippen molar-refractivity contribution in [2.75, 3.05) is 0 Å². The number of carbonyl (C=O) groups is 2. The molecule has 0 aromatic heterocycles. The number of amides is 1. The molecule has 2 atom stereocenters. The van der Waals surface area contributed by atoms with Crippen LogP contribution in [-0.2, 0) is 14.3 Å². The molecule has 0 bridgehead atoms. The van der Waals surface area contributed by atoms with E-state index in [4.69, 9.17) is 16.2 Å². The van der Waals surface area contributed by atoms with Gasteiger partial charge in [0.25, 0.3) is 5.91 Å². The molecule has 0 aromatic rings. The monoisotopic (exact) mass is 220 g/mol. The topological polar surface area (TPSA) is 95.4 Å². The van der Waals surface area contributed by atoms with Gasteiger partial charge in [0.05, 0.1) is 0 Å². The normalized spacial score (nSPS) is 15.5. The first kappa shape index (κ1) is 13.8. The molecule has 0 aliphatic rings. The van der Waals surface area contributed by atoms with Gasteiger partial charge in [-0.1, -0.05) is 0 Å². The Morgan fingerprint density at radius 2 is 1.87 bits per heavy atom. The number of rotatable bonds is 4. The summed E-state index contributed by atoms with van der Waals surface area (Å²) >= 11 is 0. The van der Waals surface area contributed by atoms with Gasteiger partial charge in [0.1, 0.15) is 11.6 Å². The van der Waals surface area contributed by atoms with E-state index in [2.05, 4.69) is 0 Å². The number of alkyl halides is 1. The summed E-state index contributed by atoms with van der Waals surface area (Å²) in [5.41, 5.74) is 9.34. The Hall–Kier alpha value is -1.17. The van der Waals surface area contributed by atoms with Gasteiger partial charge < -0.3 is 16.2 Å². The number of halogens is 1. The minimum absolute atomic E-state index is 0.454. The third kappa shape index (κ3) is 6.01. The lowest BCUT2D eigenvalue weighted by Gasteiger charge is -2.22. The van der Waals surface area contributed by atoms with Gasteiger partial charge in [-0.05, 0) is 20.8 Å². The van der Waals surface area contributed by atoms with Crippen molar-refractivity contribution in [3.63, 3.8) is 0 Å². The Labute approximate surface area is 87.9 Å². The van der Waals surface area contributed by atoms with Crippen LogP contribution in [0.1, 0.15) is 27.2 Å².